The van der Waals surface area contributed by atoms with Crippen LogP contribution >= 0.6 is 24.0 Å². The van der Waals surface area contributed by atoms with Gasteiger partial charge in [0.1, 0.15) is 4.64 Å². The van der Waals surface area contributed by atoms with Crippen LogP contribution in [0.1, 0.15) is 6.92 Å². The van der Waals surface area contributed by atoms with Crippen molar-refractivity contribution in [1.29, 1.82) is 0 Å². The van der Waals surface area contributed by atoms with E-state index in [1.807, 2.05) is 54.0 Å². The zero-order valence-corrected chi connectivity index (χ0v) is 15.2. The molecule has 6 nitrogen and oxygen atoms in total. The van der Waals surface area contributed by atoms with Crippen LogP contribution in [0.15, 0.2) is 53.8 Å². The van der Waals surface area contributed by atoms with Gasteiger partial charge in [0.2, 0.25) is 5.91 Å². The predicted molar refractivity (Wildman–Crippen MR) is 102 cm³/mol. The van der Waals surface area contributed by atoms with E-state index >= 15 is 0 Å². The van der Waals surface area contributed by atoms with Crippen LogP contribution in [0.4, 0.5) is 5.69 Å². The van der Waals surface area contributed by atoms with Gasteiger partial charge in [0.15, 0.2) is 11.0 Å². The predicted octanol–water partition coefficient (Wildman–Crippen LogP) is 3.75. The van der Waals surface area contributed by atoms with Gasteiger partial charge < -0.3 is 14.9 Å². The SMILES string of the molecule is CCn1c(SCC(=O)Nc2ccccc2)nnc1-c1cc[nH]c(=S)c1. The van der Waals surface area contributed by atoms with Gasteiger partial charge in [-0.15, -0.1) is 10.2 Å². The number of benzene rings is 1. The molecule has 3 rings (SSSR count). The van der Waals surface area contributed by atoms with Crippen molar-refractivity contribution in [2.24, 2.45) is 0 Å². The lowest BCUT2D eigenvalue weighted by molar-refractivity contribution is -0.113. The molecule has 2 N–H and O–H groups in total. The number of H-pyrrole nitrogens is 1. The average Bonchev–Trinajstić information content (AvgIpc) is 3.04. The molecule has 0 spiro atoms. The number of nitrogens with one attached hydrogen (secondary N) is 2. The molecular formula is C17H17N5OS2. The van der Waals surface area contributed by atoms with Gasteiger partial charge in [-0.3, -0.25) is 4.79 Å². The zero-order valence-electron chi connectivity index (χ0n) is 13.6. The monoisotopic (exact) mass is 371 g/mol. The fourth-order valence-corrected chi connectivity index (χ4v) is 3.32. The average molecular weight is 371 g/mol. The molecule has 0 aliphatic heterocycles. The molecule has 2 heterocycles. The van der Waals surface area contributed by atoms with E-state index in [9.17, 15) is 4.79 Å². The number of hydrogen-bond acceptors (Lipinski definition) is 5. The molecule has 25 heavy (non-hydrogen) atoms. The lowest BCUT2D eigenvalue weighted by Crippen LogP contribution is -2.14. The van der Waals surface area contributed by atoms with E-state index in [1.165, 1.54) is 11.8 Å². The fraction of sp³-hybridized carbons (Fsp3) is 0.176. The van der Waals surface area contributed by atoms with Gasteiger partial charge in [-0.1, -0.05) is 42.2 Å². The molecule has 0 fully saturated rings. The zero-order chi connectivity index (χ0) is 17.6. The molecule has 2 aromatic heterocycles. The lowest BCUT2D eigenvalue weighted by Gasteiger charge is -2.08. The van der Waals surface area contributed by atoms with E-state index in [-0.39, 0.29) is 11.7 Å². The first-order chi connectivity index (χ1) is 12.2. The number of thioether (sulfide) groups is 1. The number of hydrogen-bond donors (Lipinski definition) is 2. The van der Waals surface area contributed by atoms with Crippen molar-refractivity contribution in [3.63, 3.8) is 0 Å². The quantitative estimate of drug-likeness (QED) is 0.510. The molecule has 0 atom stereocenters. The summed E-state index contributed by atoms with van der Waals surface area (Å²) in [5.74, 6) is 0.932. The normalized spacial score (nSPS) is 10.6. The number of aromatic amines is 1. The molecule has 128 valence electrons. The Morgan fingerprint density at radius 3 is 2.80 bits per heavy atom. The van der Waals surface area contributed by atoms with Gasteiger partial charge >= 0.3 is 0 Å². The lowest BCUT2D eigenvalue weighted by atomic mass is 10.2. The molecule has 0 aliphatic carbocycles. The van der Waals surface area contributed by atoms with Crippen molar-refractivity contribution >= 4 is 35.6 Å². The summed E-state index contributed by atoms with van der Waals surface area (Å²) in [6.45, 7) is 2.72. The number of carbonyl (C=O) groups excluding carboxylic acids is 1. The summed E-state index contributed by atoms with van der Waals surface area (Å²) >= 11 is 6.52. The largest absolute Gasteiger partial charge is 0.353 e. The van der Waals surface area contributed by atoms with E-state index in [1.54, 1.807) is 6.20 Å². The Kier molecular flexibility index (Phi) is 5.62. The van der Waals surface area contributed by atoms with Crippen LogP contribution in [0.3, 0.4) is 0 Å². The van der Waals surface area contributed by atoms with Crippen LogP contribution in [0.2, 0.25) is 0 Å². The van der Waals surface area contributed by atoms with E-state index in [4.69, 9.17) is 12.2 Å². The van der Waals surface area contributed by atoms with Gasteiger partial charge in [-0.05, 0) is 31.2 Å². The minimum Gasteiger partial charge on any atom is -0.353 e. The second kappa shape index (κ2) is 8.09. The molecule has 1 amide bonds. The van der Waals surface area contributed by atoms with Gasteiger partial charge in [0.25, 0.3) is 0 Å². The van der Waals surface area contributed by atoms with Crippen molar-refractivity contribution in [3.05, 3.63) is 53.3 Å². The molecule has 0 bridgehead atoms. The first-order valence-electron chi connectivity index (χ1n) is 7.77. The molecule has 0 unspecified atom stereocenters. The minimum absolute atomic E-state index is 0.0782. The van der Waals surface area contributed by atoms with Crippen molar-refractivity contribution in [2.75, 3.05) is 11.1 Å². The summed E-state index contributed by atoms with van der Waals surface area (Å²) < 4.78 is 2.62. The number of pyridine rings is 1. The summed E-state index contributed by atoms with van der Waals surface area (Å²) in [5.41, 5.74) is 1.68. The summed E-state index contributed by atoms with van der Waals surface area (Å²) in [6.07, 6.45) is 1.78. The molecule has 0 radical (unpaired) electrons. The second-order valence-corrected chi connectivity index (χ2v) is 6.58. The first kappa shape index (κ1) is 17.4. The standard InChI is InChI=1S/C17H17N5OS2/c1-2-22-16(12-8-9-18-15(24)10-12)20-21-17(22)25-11-14(23)19-13-6-4-3-5-7-13/h3-10H,2,11H2,1H3,(H,18,24)(H,19,23). The maximum absolute atomic E-state index is 12.1. The smallest absolute Gasteiger partial charge is 0.234 e. The van der Waals surface area contributed by atoms with Crippen LogP contribution in [0.25, 0.3) is 11.4 Å². The van der Waals surface area contributed by atoms with E-state index < -0.39 is 0 Å². The topological polar surface area (TPSA) is 75.6 Å². The van der Waals surface area contributed by atoms with E-state index in [2.05, 4.69) is 20.5 Å². The maximum Gasteiger partial charge on any atom is 0.234 e. The number of carbonyl (C=O) groups is 1. The Morgan fingerprint density at radius 1 is 1.28 bits per heavy atom. The summed E-state index contributed by atoms with van der Waals surface area (Å²) in [5, 5.41) is 12.1. The van der Waals surface area contributed by atoms with E-state index in [0.29, 0.717) is 16.3 Å². The van der Waals surface area contributed by atoms with Gasteiger partial charge in [-0.25, -0.2) is 0 Å². The van der Waals surface area contributed by atoms with Gasteiger partial charge in [0.05, 0.1) is 5.75 Å². The molecule has 8 heteroatoms. The third-order valence-corrected chi connectivity index (χ3v) is 4.66. The fourth-order valence-electron chi connectivity index (χ4n) is 2.33. The van der Waals surface area contributed by atoms with Crippen molar-refractivity contribution < 1.29 is 4.79 Å². The van der Waals surface area contributed by atoms with E-state index in [0.717, 1.165) is 17.1 Å². The Hall–Kier alpha value is -2.45. The number of nitrogens with zero attached hydrogens (tertiary/aromatic N) is 3. The van der Waals surface area contributed by atoms with Crippen molar-refractivity contribution in [3.8, 4) is 11.4 Å². The maximum atomic E-state index is 12.1. The van der Waals surface area contributed by atoms with Crippen molar-refractivity contribution in [1.82, 2.24) is 19.7 Å². The van der Waals surface area contributed by atoms with Crippen LogP contribution < -0.4 is 5.32 Å². The highest BCUT2D eigenvalue weighted by Crippen LogP contribution is 2.23. The number of aromatic nitrogens is 4. The number of para-hydroxylation sites is 1. The highest BCUT2D eigenvalue weighted by atomic mass is 32.2. The highest BCUT2D eigenvalue weighted by Gasteiger charge is 2.14. The van der Waals surface area contributed by atoms with Crippen LogP contribution in [0.5, 0.6) is 0 Å². The molecule has 0 saturated carbocycles. The third kappa shape index (κ3) is 4.34. The summed E-state index contributed by atoms with van der Waals surface area (Å²) in [4.78, 5) is 15.0. The van der Waals surface area contributed by atoms with Gasteiger partial charge in [-0.2, -0.15) is 0 Å². The Morgan fingerprint density at radius 2 is 2.08 bits per heavy atom. The molecule has 3 aromatic rings. The molecular weight excluding hydrogens is 354 g/mol. The minimum atomic E-state index is -0.0782. The second-order valence-electron chi connectivity index (χ2n) is 5.19. The van der Waals surface area contributed by atoms with Crippen LogP contribution in [-0.4, -0.2) is 31.4 Å². The first-order valence-corrected chi connectivity index (χ1v) is 9.16. The van der Waals surface area contributed by atoms with Gasteiger partial charge in [0, 0.05) is 24.0 Å². The van der Waals surface area contributed by atoms with Crippen LogP contribution in [-0.2, 0) is 11.3 Å². The Bertz CT molecular complexity index is 920. The van der Waals surface area contributed by atoms with Crippen molar-refractivity contribution in [2.45, 2.75) is 18.6 Å². The Labute approximate surface area is 154 Å². The highest BCUT2D eigenvalue weighted by molar-refractivity contribution is 7.99. The third-order valence-electron chi connectivity index (χ3n) is 3.46. The number of rotatable bonds is 6. The number of anilines is 1. The molecule has 0 saturated heterocycles. The van der Waals surface area contributed by atoms with Crippen LogP contribution in [0, 0.1) is 4.64 Å². The number of amides is 1. The molecule has 1 aromatic carbocycles. The molecule has 0 aliphatic rings. The summed E-state index contributed by atoms with van der Waals surface area (Å²) in [7, 11) is 0. The Balaban J connectivity index is 1.71. The summed E-state index contributed by atoms with van der Waals surface area (Å²) in [6, 6.07) is 13.1.